The summed E-state index contributed by atoms with van der Waals surface area (Å²) in [4.78, 5) is 22.6. The number of carbonyl (C=O) groups excluding carboxylic acids is 1. The largest absolute Gasteiger partial charge is 0.477 e. The van der Waals surface area contributed by atoms with E-state index >= 15 is 0 Å². The number of aromatic nitrogens is 1. The maximum Gasteiger partial charge on any atom is 0.352 e. The summed E-state index contributed by atoms with van der Waals surface area (Å²) in [6.07, 6.45) is 3.92. The highest BCUT2D eigenvalue weighted by Gasteiger charge is 2.40. The molecule has 0 bridgehead atoms. The quantitative estimate of drug-likeness (QED) is 0.816. The SMILES string of the molecule is CC(=O)c1cc(C(=O)O)n(C(C)(C)C2CC2)c1. The van der Waals surface area contributed by atoms with E-state index in [-0.39, 0.29) is 17.0 Å². The van der Waals surface area contributed by atoms with Crippen LogP contribution in [0.25, 0.3) is 0 Å². The first-order valence-corrected chi connectivity index (χ1v) is 5.81. The van der Waals surface area contributed by atoms with E-state index in [1.54, 1.807) is 10.8 Å². The standard InChI is InChI=1S/C13H17NO3/c1-8(15)9-6-11(12(16)17)14(7-9)13(2,3)10-4-5-10/h6-7,10H,4-5H2,1-3H3,(H,16,17). The van der Waals surface area contributed by atoms with Gasteiger partial charge in [0.05, 0.1) is 0 Å². The Morgan fingerprint density at radius 3 is 2.41 bits per heavy atom. The fraction of sp³-hybridized carbons (Fsp3) is 0.538. The molecule has 1 saturated carbocycles. The molecular formula is C13H17NO3. The molecule has 0 aliphatic heterocycles. The molecule has 1 aliphatic carbocycles. The lowest BCUT2D eigenvalue weighted by Crippen LogP contribution is -2.30. The highest BCUT2D eigenvalue weighted by atomic mass is 16.4. The van der Waals surface area contributed by atoms with Crippen LogP contribution in [0.2, 0.25) is 0 Å². The Kier molecular flexibility index (Phi) is 2.60. The Morgan fingerprint density at radius 1 is 1.41 bits per heavy atom. The third-order valence-electron chi connectivity index (χ3n) is 3.64. The van der Waals surface area contributed by atoms with Crippen LogP contribution in [0, 0.1) is 5.92 Å². The normalized spacial score (nSPS) is 15.9. The predicted octanol–water partition coefficient (Wildman–Crippen LogP) is 2.53. The molecule has 1 heterocycles. The first kappa shape index (κ1) is 11.9. The lowest BCUT2D eigenvalue weighted by Gasteiger charge is -2.28. The Bertz CT molecular complexity index is 481. The number of hydrogen-bond acceptors (Lipinski definition) is 2. The minimum absolute atomic E-state index is 0.0992. The summed E-state index contributed by atoms with van der Waals surface area (Å²) in [6, 6.07) is 1.47. The molecule has 4 nitrogen and oxygen atoms in total. The zero-order valence-corrected chi connectivity index (χ0v) is 10.4. The summed E-state index contributed by atoms with van der Waals surface area (Å²) in [5.41, 5.74) is 0.435. The van der Waals surface area contributed by atoms with Gasteiger partial charge in [-0.05, 0) is 45.6 Å². The van der Waals surface area contributed by atoms with E-state index in [9.17, 15) is 14.7 Å². The Hall–Kier alpha value is -1.58. The fourth-order valence-electron chi connectivity index (χ4n) is 2.28. The van der Waals surface area contributed by atoms with Crippen LogP contribution >= 0.6 is 0 Å². The number of Topliss-reactive ketones (excluding diaryl/α,β-unsaturated/α-hetero) is 1. The summed E-state index contributed by atoms with van der Waals surface area (Å²) in [5.74, 6) is -0.572. The number of hydrogen-bond donors (Lipinski definition) is 1. The highest BCUT2D eigenvalue weighted by Crippen LogP contribution is 2.44. The van der Waals surface area contributed by atoms with Crippen molar-refractivity contribution in [2.75, 3.05) is 0 Å². The topological polar surface area (TPSA) is 59.3 Å². The van der Waals surface area contributed by atoms with Crippen LogP contribution in [0.5, 0.6) is 0 Å². The molecule has 1 aromatic rings. The zero-order chi connectivity index (χ0) is 12.8. The van der Waals surface area contributed by atoms with Gasteiger partial charge in [0.2, 0.25) is 0 Å². The smallest absolute Gasteiger partial charge is 0.352 e. The van der Waals surface area contributed by atoms with E-state index < -0.39 is 5.97 Å². The van der Waals surface area contributed by atoms with Crippen LogP contribution in [0.4, 0.5) is 0 Å². The summed E-state index contributed by atoms with van der Waals surface area (Å²) in [5, 5.41) is 9.19. The lowest BCUT2D eigenvalue weighted by atomic mass is 9.98. The second kappa shape index (κ2) is 3.72. The van der Waals surface area contributed by atoms with E-state index in [2.05, 4.69) is 0 Å². The van der Waals surface area contributed by atoms with Crippen molar-refractivity contribution < 1.29 is 14.7 Å². The van der Waals surface area contributed by atoms with Gasteiger partial charge in [-0.25, -0.2) is 4.79 Å². The van der Waals surface area contributed by atoms with Gasteiger partial charge in [-0.1, -0.05) is 0 Å². The van der Waals surface area contributed by atoms with Crippen molar-refractivity contribution in [3.8, 4) is 0 Å². The number of rotatable bonds is 4. The molecule has 1 fully saturated rings. The first-order chi connectivity index (χ1) is 7.84. The Balaban J connectivity index is 2.51. The summed E-state index contributed by atoms with van der Waals surface area (Å²) in [6.45, 7) is 5.51. The van der Waals surface area contributed by atoms with E-state index in [0.29, 0.717) is 11.5 Å². The van der Waals surface area contributed by atoms with Gasteiger partial charge in [0, 0.05) is 17.3 Å². The summed E-state index contributed by atoms with van der Waals surface area (Å²) < 4.78 is 1.74. The van der Waals surface area contributed by atoms with E-state index in [1.807, 2.05) is 13.8 Å². The minimum atomic E-state index is -0.980. The molecule has 0 amide bonds. The molecule has 0 aromatic carbocycles. The van der Waals surface area contributed by atoms with Crippen molar-refractivity contribution in [2.24, 2.45) is 5.92 Å². The van der Waals surface area contributed by atoms with Crippen LogP contribution < -0.4 is 0 Å². The van der Waals surface area contributed by atoms with Gasteiger partial charge in [0.1, 0.15) is 5.69 Å². The van der Waals surface area contributed by atoms with Gasteiger partial charge in [0.25, 0.3) is 0 Å². The van der Waals surface area contributed by atoms with Crippen molar-refractivity contribution >= 4 is 11.8 Å². The van der Waals surface area contributed by atoms with Crippen LogP contribution in [-0.4, -0.2) is 21.4 Å². The number of aromatic carboxylic acids is 1. The molecule has 0 radical (unpaired) electrons. The molecule has 0 unspecified atom stereocenters. The Morgan fingerprint density at radius 2 is 2.00 bits per heavy atom. The van der Waals surface area contributed by atoms with Gasteiger partial charge in [-0.15, -0.1) is 0 Å². The Labute approximate surface area is 100 Å². The van der Waals surface area contributed by atoms with Gasteiger partial charge < -0.3 is 9.67 Å². The molecule has 0 spiro atoms. The van der Waals surface area contributed by atoms with Crippen molar-refractivity contribution in [1.29, 1.82) is 0 Å². The van der Waals surface area contributed by atoms with Gasteiger partial charge >= 0.3 is 5.97 Å². The lowest BCUT2D eigenvalue weighted by molar-refractivity contribution is 0.0675. The summed E-state index contributed by atoms with van der Waals surface area (Å²) in [7, 11) is 0. The van der Waals surface area contributed by atoms with E-state index in [4.69, 9.17) is 0 Å². The minimum Gasteiger partial charge on any atom is -0.477 e. The second-order valence-corrected chi connectivity index (χ2v) is 5.27. The van der Waals surface area contributed by atoms with Crippen LogP contribution in [0.1, 0.15) is 54.5 Å². The molecule has 2 rings (SSSR count). The first-order valence-electron chi connectivity index (χ1n) is 5.81. The van der Waals surface area contributed by atoms with Gasteiger partial charge in [0.15, 0.2) is 5.78 Å². The van der Waals surface area contributed by atoms with Crippen molar-refractivity contribution in [3.63, 3.8) is 0 Å². The number of carbonyl (C=O) groups is 2. The molecular weight excluding hydrogens is 218 g/mol. The van der Waals surface area contributed by atoms with Gasteiger partial charge in [-0.2, -0.15) is 0 Å². The maximum atomic E-state index is 11.3. The van der Waals surface area contributed by atoms with Crippen molar-refractivity contribution in [3.05, 3.63) is 23.5 Å². The van der Waals surface area contributed by atoms with Gasteiger partial charge in [-0.3, -0.25) is 4.79 Å². The van der Waals surface area contributed by atoms with Crippen LogP contribution in [0.15, 0.2) is 12.3 Å². The highest BCUT2D eigenvalue weighted by molar-refractivity contribution is 5.97. The fourth-order valence-corrected chi connectivity index (χ4v) is 2.28. The third-order valence-corrected chi connectivity index (χ3v) is 3.64. The average Bonchev–Trinajstić information content (AvgIpc) is 2.96. The average molecular weight is 235 g/mol. The molecule has 92 valence electrons. The van der Waals surface area contributed by atoms with Crippen LogP contribution in [-0.2, 0) is 5.54 Å². The van der Waals surface area contributed by atoms with Crippen molar-refractivity contribution in [2.45, 2.75) is 39.2 Å². The number of ketones is 1. The van der Waals surface area contributed by atoms with E-state index in [0.717, 1.165) is 12.8 Å². The van der Waals surface area contributed by atoms with Crippen molar-refractivity contribution in [1.82, 2.24) is 4.57 Å². The number of nitrogens with zero attached hydrogens (tertiary/aromatic N) is 1. The maximum absolute atomic E-state index is 11.3. The zero-order valence-electron chi connectivity index (χ0n) is 10.4. The molecule has 4 heteroatoms. The predicted molar refractivity (Wildman–Crippen MR) is 63.4 cm³/mol. The number of carboxylic acid groups (broad SMARTS) is 1. The second-order valence-electron chi connectivity index (χ2n) is 5.27. The molecule has 0 saturated heterocycles. The van der Waals surface area contributed by atoms with Crippen LogP contribution in [0.3, 0.4) is 0 Å². The molecule has 0 atom stereocenters. The molecule has 1 aliphatic rings. The molecule has 17 heavy (non-hydrogen) atoms. The third kappa shape index (κ3) is 1.99. The van der Waals surface area contributed by atoms with E-state index in [1.165, 1.54) is 13.0 Å². The molecule has 1 aromatic heterocycles. The molecule has 1 N–H and O–H groups in total. The monoisotopic (exact) mass is 235 g/mol. The number of carboxylic acids is 1. The summed E-state index contributed by atoms with van der Waals surface area (Å²) >= 11 is 0.